The molecule has 0 spiro atoms. The minimum Gasteiger partial charge on any atom is -0.497 e. The predicted molar refractivity (Wildman–Crippen MR) is 109 cm³/mol. The second-order valence-corrected chi connectivity index (χ2v) is 6.64. The third kappa shape index (κ3) is 4.82. The number of fused-ring (bicyclic) bond motifs is 1. The molecule has 1 amide bonds. The van der Waals surface area contributed by atoms with Gasteiger partial charge in [0.05, 0.1) is 12.5 Å². The molecule has 0 aliphatic heterocycles. The van der Waals surface area contributed by atoms with Crippen LogP contribution in [-0.4, -0.2) is 37.2 Å². The van der Waals surface area contributed by atoms with Crippen LogP contribution in [0.15, 0.2) is 51.9 Å². The van der Waals surface area contributed by atoms with Gasteiger partial charge < -0.3 is 19.6 Å². The predicted octanol–water partition coefficient (Wildman–Crippen LogP) is 2.83. The smallest absolute Gasteiger partial charge is 0.322 e. The van der Waals surface area contributed by atoms with Crippen molar-refractivity contribution in [3.05, 3.63) is 58.9 Å². The standard InChI is InChI=1S/C22H22N2O5/c1-13-8-17-18(23-11-21(25)24-12-22(26)27)10-19(29-20(17)9-14(13)2)15-4-6-16(28-3)7-5-15/h4-10H,11-12H2,1-3H3,(H,24,25)(H,26,27). The molecular formula is C22H22N2O5. The molecule has 2 N–H and O–H groups in total. The first-order chi connectivity index (χ1) is 13.9. The number of carboxylic acids is 1. The summed E-state index contributed by atoms with van der Waals surface area (Å²) in [6.45, 7) is 3.38. The van der Waals surface area contributed by atoms with Gasteiger partial charge in [-0.3, -0.25) is 14.6 Å². The van der Waals surface area contributed by atoms with Crippen molar-refractivity contribution in [3.8, 4) is 17.1 Å². The molecule has 0 aliphatic rings. The summed E-state index contributed by atoms with van der Waals surface area (Å²) >= 11 is 0. The van der Waals surface area contributed by atoms with E-state index in [0.717, 1.165) is 27.8 Å². The first-order valence-electron chi connectivity index (χ1n) is 9.06. The second kappa shape index (κ2) is 8.60. The maximum Gasteiger partial charge on any atom is 0.322 e. The summed E-state index contributed by atoms with van der Waals surface area (Å²) in [4.78, 5) is 26.9. The van der Waals surface area contributed by atoms with Gasteiger partial charge in [-0.1, -0.05) is 0 Å². The molecule has 0 aliphatic carbocycles. The van der Waals surface area contributed by atoms with Crippen LogP contribution in [0.3, 0.4) is 0 Å². The molecule has 7 heteroatoms. The normalized spacial score (nSPS) is 11.5. The third-order valence-electron chi connectivity index (χ3n) is 4.56. The Labute approximate surface area is 167 Å². The Bertz CT molecular complexity index is 1130. The lowest BCUT2D eigenvalue weighted by Crippen LogP contribution is -2.31. The number of carboxylic acid groups (broad SMARTS) is 1. The Balaban J connectivity index is 2.07. The molecule has 0 radical (unpaired) electrons. The monoisotopic (exact) mass is 394 g/mol. The first kappa shape index (κ1) is 20.1. The number of hydrogen-bond acceptors (Lipinski definition) is 5. The SMILES string of the molecule is COc1ccc(-c2cc(=NCC(=O)NCC(=O)O)c3cc(C)c(C)cc3o2)cc1. The van der Waals surface area contributed by atoms with Crippen LogP contribution in [0, 0.1) is 13.8 Å². The van der Waals surface area contributed by atoms with E-state index in [1.54, 1.807) is 13.2 Å². The van der Waals surface area contributed by atoms with E-state index in [1.807, 2.05) is 50.2 Å². The quantitative estimate of drug-likeness (QED) is 0.669. The van der Waals surface area contributed by atoms with Crippen molar-refractivity contribution >= 4 is 22.8 Å². The van der Waals surface area contributed by atoms with Gasteiger partial charge in [-0.05, 0) is 61.4 Å². The van der Waals surface area contributed by atoms with Gasteiger partial charge in [-0.15, -0.1) is 0 Å². The van der Waals surface area contributed by atoms with Crippen LogP contribution in [0.2, 0.25) is 0 Å². The Morgan fingerprint density at radius 1 is 1.10 bits per heavy atom. The van der Waals surface area contributed by atoms with E-state index in [1.165, 1.54) is 0 Å². The molecule has 3 rings (SSSR count). The summed E-state index contributed by atoms with van der Waals surface area (Å²) in [5.74, 6) is -0.222. The number of benzene rings is 2. The minimum absolute atomic E-state index is 0.179. The summed E-state index contributed by atoms with van der Waals surface area (Å²) in [6.07, 6.45) is 0. The van der Waals surface area contributed by atoms with Gasteiger partial charge in [0.1, 0.15) is 30.2 Å². The van der Waals surface area contributed by atoms with E-state index in [0.29, 0.717) is 16.7 Å². The maximum atomic E-state index is 11.9. The number of methoxy groups -OCH3 is 1. The molecule has 29 heavy (non-hydrogen) atoms. The fraction of sp³-hybridized carbons (Fsp3) is 0.227. The number of aryl methyl sites for hydroxylation is 2. The number of ether oxygens (including phenoxy) is 1. The lowest BCUT2D eigenvalue weighted by molar-refractivity contribution is -0.137. The number of nitrogens with one attached hydrogen (secondary N) is 1. The number of aliphatic carboxylic acids is 1. The van der Waals surface area contributed by atoms with E-state index in [9.17, 15) is 9.59 Å². The highest BCUT2D eigenvalue weighted by Gasteiger charge is 2.09. The van der Waals surface area contributed by atoms with Crippen molar-refractivity contribution in [2.75, 3.05) is 20.2 Å². The van der Waals surface area contributed by atoms with Gasteiger partial charge in [0.15, 0.2) is 0 Å². The average Bonchev–Trinajstić information content (AvgIpc) is 2.71. The van der Waals surface area contributed by atoms with E-state index in [4.69, 9.17) is 14.3 Å². The lowest BCUT2D eigenvalue weighted by Gasteiger charge is -2.08. The van der Waals surface area contributed by atoms with Crippen LogP contribution in [0.5, 0.6) is 5.75 Å². The highest BCUT2D eigenvalue weighted by atomic mass is 16.5. The van der Waals surface area contributed by atoms with Crippen molar-refractivity contribution < 1.29 is 23.8 Å². The van der Waals surface area contributed by atoms with Gasteiger partial charge in [0, 0.05) is 17.0 Å². The highest BCUT2D eigenvalue weighted by Crippen LogP contribution is 2.25. The van der Waals surface area contributed by atoms with Crippen LogP contribution in [0.25, 0.3) is 22.3 Å². The van der Waals surface area contributed by atoms with Crippen molar-refractivity contribution in [2.45, 2.75) is 13.8 Å². The number of rotatable bonds is 6. The summed E-state index contributed by atoms with van der Waals surface area (Å²) in [5.41, 5.74) is 3.67. The first-order valence-corrected chi connectivity index (χ1v) is 9.06. The number of carbonyl (C=O) groups is 2. The maximum absolute atomic E-state index is 11.9. The number of carbonyl (C=O) groups excluding carboxylic acids is 1. The third-order valence-corrected chi connectivity index (χ3v) is 4.56. The molecule has 1 aromatic heterocycles. The molecule has 3 aromatic rings. The van der Waals surface area contributed by atoms with E-state index in [-0.39, 0.29) is 6.54 Å². The van der Waals surface area contributed by atoms with Crippen molar-refractivity contribution in [1.82, 2.24) is 5.32 Å². The Hall–Kier alpha value is -3.61. The Kier molecular flexibility index (Phi) is 5.97. The molecule has 0 unspecified atom stereocenters. The van der Waals surface area contributed by atoms with Gasteiger partial charge in [0.2, 0.25) is 5.91 Å². The van der Waals surface area contributed by atoms with Crippen LogP contribution >= 0.6 is 0 Å². The molecule has 0 fully saturated rings. The van der Waals surface area contributed by atoms with E-state index >= 15 is 0 Å². The fourth-order valence-corrected chi connectivity index (χ4v) is 2.84. The molecule has 1 heterocycles. The van der Waals surface area contributed by atoms with Gasteiger partial charge in [-0.25, -0.2) is 0 Å². The highest BCUT2D eigenvalue weighted by molar-refractivity contribution is 5.83. The zero-order chi connectivity index (χ0) is 21.0. The van der Waals surface area contributed by atoms with Crippen LogP contribution in [-0.2, 0) is 9.59 Å². The number of nitrogens with zero attached hydrogens (tertiary/aromatic N) is 1. The van der Waals surface area contributed by atoms with Crippen molar-refractivity contribution in [3.63, 3.8) is 0 Å². The largest absolute Gasteiger partial charge is 0.497 e. The molecule has 0 atom stereocenters. The zero-order valence-corrected chi connectivity index (χ0v) is 16.5. The summed E-state index contributed by atoms with van der Waals surface area (Å²) < 4.78 is 11.3. The van der Waals surface area contributed by atoms with Crippen LogP contribution < -0.4 is 15.4 Å². The summed E-state index contributed by atoms with van der Waals surface area (Å²) in [6, 6.07) is 13.1. The topological polar surface area (TPSA) is 101 Å². The zero-order valence-electron chi connectivity index (χ0n) is 16.5. The molecule has 2 aromatic carbocycles. The lowest BCUT2D eigenvalue weighted by atomic mass is 10.1. The molecule has 0 saturated heterocycles. The van der Waals surface area contributed by atoms with Crippen molar-refractivity contribution in [1.29, 1.82) is 0 Å². The Morgan fingerprint density at radius 3 is 2.45 bits per heavy atom. The molecule has 0 saturated carbocycles. The molecular weight excluding hydrogens is 372 g/mol. The molecule has 150 valence electrons. The van der Waals surface area contributed by atoms with E-state index < -0.39 is 18.4 Å². The molecule has 0 bridgehead atoms. The van der Waals surface area contributed by atoms with Crippen LogP contribution in [0.4, 0.5) is 0 Å². The fourth-order valence-electron chi connectivity index (χ4n) is 2.84. The second-order valence-electron chi connectivity index (χ2n) is 6.64. The van der Waals surface area contributed by atoms with E-state index in [2.05, 4.69) is 10.3 Å². The minimum atomic E-state index is -1.10. The van der Waals surface area contributed by atoms with Crippen molar-refractivity contribution in [2.24, 2.45) is 4.99 Å². The number of amides is 1. The summed E-state index contributed by atoms with van der Waals surface area (Å²) in [5, 5.41) is 12.4. The summed E-state index contributed by atoms with van der Waals surface area (Å²) in [7, 11) is 1.60. The van der Waals surface area contributed by atoms with Crippen LogP contribution in [0.1, 0.15) is 11.1 Å². The van der Waals surface area contributed by atoms with Gasteiger partial charge in [-0.2, -0.15) is 0 Å². The molecule has 7 nitrogen and oxygen atoms in total. The van der Waals surface area contributed by atoms with Gasteiger partial charge in [0.25, 0.3) is 0 Å². The average molecular weight is 394 g/mol. The number of hydrogen-bond donors (Lipinski definition) is 2. The van der Waals surface area contributed by atoms with Gasteiger partial charge >= 0.3 is 5.97 Å². The Morgan fingerprint density at radius 2 is 1.79 bits per heavy atom.